The molecule has 3 aromatic rings. The van der Waals surface area contributed by atoms with Crippen LogP contribution in [-0.4, -0.2) is 55.4 Å². The van der Waals surface area contributed by atoms with Crippen molar-refractivity contribution in [3.63, 3.8) is 0 Å². The quantitative estimate of drug-likeness (QED) is 0.490. The summed E-state index contributed by atoms with van der Waals surface area (Å²) >= 11 is 0. The fraction of sp³-hybridized carbons (Fsp3) is 0.391. The van der Waals surface area contributed by atoms with E-state index in [1.165, 1.54) is 22.4 Å². The normalized spacial score (nSPS) is 13.6. The monoisotopic (exact) mass is 476 g/mol. The van der Waals surface area contributed by atoms with E-state index in [1.807, 2.05) is 12.4 Å². The fourth-order valence-electron chi connectivity index (χ4n) is 3.57. The summed E-state index contributed by atoms with van der Waals surface area (Å²) in [4.78, 5) is 20.2. The maximum Gasteiger partial charge on any atom is 0.490 e. The molecule has 11 heteroatoms. The number of rotatable bonds is 6. The van der Waals surface area contributed by atoms with Crippen molar-refractivity contribution >= 4 is 11.9 Å². The third-order valence-corrected chi connectivity index (χ3v) is 5.30. The fourth-order valence-corrected chi connectivity index (χ4v) is 3.57. The number of halogens is 3. The van der Waals surface area contributed by atoms with Crippen LogP contribution in [0.25, 0.3) is 11.3 Å². The van der Waals surface area contributed by atoms with E-state index in [1.54, 1.807) is 0 Å². The summed E-state index contributed by atoms with van der Waals surface area (Å²) in [6.45, 7) is 7.93. The number of alkyl halides is 3. The lowest BCUT2D eigenvalue weighted by Gasteiger charge is -2.27. The van der Waals surface area contributed by atoms with E-state index < -0.39 is 12.1 Å². The molecule has 0 aliphatic carbocycles. The van der Waals surface area contributed by atoms with Gasteiger partial charge in [0.05, 0.1) is 5.69 Å². The predicted octanol–water partition coefficient (Wildman–Crippen LogP) is 4.19. The molecule has 0 unspecified atom stereocenters. The molecule has 0 fully saturated rings. The molecule has 0 saturated carbocycles. The number of anilines is 1. The standard InChI is InChI=1S/C21H26N6.C2HF3O2/c1-3-9-22-21-23-11-16(12-24-21)13-27-10-8-19-18(14-27)20(26-25-19)17-7-5-4-6-15(17)2;3-2(4,5)1(6)7/h4-7,11-12H,3,8-10,13-14H2,1-2H3,(H,25,26)(H,22,23,24);(H,6,7). The Balaban J connectivity index is 0.000000406. The van der Waals surface area contributed by atoms with E-state index in [-0.39, 0.29) is 0 Å². The highest BCUT2D eigenvalue weighted by Gasteiger charge is 2.38. The zero-order chi connectivity index (χ0) is 24.7. The first-order valence-electron chi connectivity index (χ1n) is 10.9. The number of fused-ring (bicyclic) bond motifs is 1. The van der Waals surface area contributed by atoms with E-state index >= 15 is 0 Å². The van der Waals surface area contributed by atoms with Crippen molar-refractivity contribution in [3.8, 4) is 11.3 Å². The number of aryl methyl sites for hydroxylation is 1. The number of benzene rings is 1. The lowest BCUT2D eigenvalue weighted by atomic mass is 9.98. The Morgan fingerprint density at radius 3 is 2.53 bits per heavy atom. The number of hydrogen-bond donors (Lipinski definition) is 3. The van der Waals surface area contributed by atoms with Crippen LogP contribution in [-0.2, 0) is 24.3 Å². The minimum Gasteiger partial charge on any atom is -0.475 e. The maximum absolute atomic E-state index is 10.6. The Labute approximate surface area is 195 Å². The molecule has 0 atom stereocenters. The van der Waals surface area contributed by atoms with E-state index in [9.17, 15) is 13.2 Å². The van der Waals surface area contributed by atoms with Gasteiger partial charge in [-0.1, -0.05) is 31.2 Å². The first-order chi connectivity index (χ1) is 16.2. The van der Waals surface area contributed by atoms with Crippen LogP contribution in [0.4, 0.5) is 19.1 Å². The van der Waals surface area contributed by atoms with Gasteiger partial charge in [-0.25, -0.2) is 14.8 Å². The van der Waals surface area contributed by atoms with Gasteiger partial charge < -0.3 is 10.4 Å². The topological polar surface area (TPSA) is 107 Å². The molecule has 4 rings (SSSR count). The molecule has 0 bridgehead atoms. The molecule has 0 radical (unpaired) electrons. The number of aromatic amines is 1. The van der Waals surface area contributed by atoms with E-state index in [0.29, 0.717) is 5.95 Å². The van der Waals surface area contributed by atoms with Crippen molar-refractivity contribution in [1.29, 1.82) is 0 Å². The number of carboxylic acids is 1. The summed E-state index contributed by atoms with van der Waals surface area (Å²) in [5.41, 5.74) is 7.28. The Kier molecular flexibility index (Phi) is 8.21. The third-order valence-electron chi connectivity index (χ3n) is 5.30. The summed E-state index contributed by atoms with van der Waals surface area (Å²) in [7, 11) is 0. The van der Waals surface area contributed by atoms with E-state index in [0.717, 1.165) is 50.3 Å². The van der Waals surface area contributed by atoms with E-state index in [2.05, 4.69) is 68.5 Å². The Bertz CT molecular complexity index is 1100. The molecule has 0 spiro atoms. The van der Waals surface area contributed by atoms with Gasteiger partial charge in [0, 0.05) is 67.4 Å². The SMILES string of the molecule is CCCNc1ncc(CN2CCc3[nH]nc(-c4ccccc4C)c3C2)cn1.O=C(O)C(F)(F)F. The van der Waals surface area contributed by atoms with Crippen molar-refractivity contribution in [2.24, 2.45) is 0 Å². The molecule has 1 aliphatic heterocycles. The molecule has 182 valence electrons. The highest BCUT2D eigenvalue weighted by Crippen LogP contribution is 2.30. The van der Waals surface area contributed by atoms with Crippen molar-refractivity contribution in [2.45, 2.75) is 46.0 Å². The molecule has 0 saturated heterocycles. The van der Waals surface area contributed by atoms with Crippen molar-refractivity contribution < 1.29 is 23.1 Å². The zero-order valence-electron chi connectivity index (χ0n) is 19.0. The molecule has 1 aromatic carbocycles. The predicted molar refractivity (Wildman–Crippen MR) is 121 cm³/mol. The highest BCUT2D eigenvalue weighted by molar-refractivity contribution is 5.73. The van der Waals surface area contributed by atoms with Gasteiger partial charge in [0.1, 0.15) is 0 Å². The van der Waals surface area contributed by atoms with Crippen LogP contribution in [0.2, 0.25) is 0 Å². The smallest absolute Gasteiger partial charge is 0.475 e. The van der Waals surface area contributed by atoms with Gasteiger partial charge in [-0.05, 0) is 18.9 Å². The number of H-pyrrole nitrogens is 1. The lowest BCUT2D eigenvalue weighted by molar-refractivity contribution is -0.192. The summed E-state index contributed by atoms with van der Waals surface area (Å²) in [5.74, 6) is -2.05. The van der Waals surface area contributed by atoms with Crippen molar-refractivity contribution in [2.75, 3.05) is 18.4 Å². The van der Waals surface area contributed by atoms with Crippen molar-refractivity contribution in [1.82, 2.24) is 25.1 Å². The second-order valence-corrected chi connectivity index (χ2v) is 7.95. The molecule has 3 N–H and O–H groups in total. The van der Waals surface area contributed by atoms with Crippen LogP contribution in [0.1, 0.15) is 35.7 Å². The lowest BCUT2D eigenvalue weighted by Crippen LogP contribution is -2.30. The van der Waals surface area contributed by atoms with Gasteiger partial charge in [0.15, 0.2) is 0 Å². The number of carbonyl (C=O) groups is 1. The second-order valence-electron chi connectivity index (χ2n) is 7.95. The summed E-state index contributed by atoms with van der Waals surface area (Å²) < 4.78 is 31.7. The number of aromatic nitrogens is 4. The third kappa shape index (κ3) is 6.53. The Hall–Kier alpha value is -3.47. The minimum atomic E-state index is -5.08. The van der Waals surface area contributed by atoms with Gasteiger partial charge in [-0.2, -0.15) is 18.3 Å². The largest absolute Gasteiger partial charge is 0.490 e. The average molecular weight is 477 g/mol. The van der Waals surface area contributed by atoms with Crippen LogP contribution < -0.4 is 5.32 Å². The van der Waals surface area contributed by atoms with Crippen LogP contribution in [0, 0.1) is 6.92 Å². The highest BCUT2D eigenvalue weighted by atomic mass is 19.4. The molecular formula is C23H27F3N6O2. The minimum absolute atomic E-state index is 0.707. The van der Waals surface area contributed by atoms with Gasteiger partial charge in [0.25, 0.3) is 0 Å². The van der Waals surface area contributed by atoms with Crippen molar-refractivity contribution in [3.05, 3.63) is 59.0 Å². The van der Waals surface area contributed by atoms with Gasteiger partial charge in [-0.15, -0.1) is 0 Å². The number of aliphatic carboxylic acids is 1. The van der Waals surface area contributed by atoms with Crippen LogP contribution in [0.3, 0.4) is 0 Å². The molecule has 2 aromatic heterocycles. The number of nitrogens with zero attached hydrogens (tertiary/aromatic N) is 4. The molecule has 34 heavy (non-hydrogen) atoms. The molecular weight excluding hydrogens is 449 g/mol. The maximum atomic E-state index is 10.6. The first-order valence-corrected chi connectivity index (χ1v) is 10.9. The Morgan fingerprint density at radius 2 is 1.91 bits per heavy atom. The summed E-state index contributed by atoms with van der Waals surface area (Å²) in [5, 5.41) is 18.2. The molecule has 0 amide bonds. The van der Waals surface area contributed by atoms with E-state index in [4.69, 9.17) is 9.90 Å². The van der Waals surface area contributed by atoms with Crippen LogP contribution >= 0.6 is 0 Å². The molecule has 8 nitrogen and oxygen atoms in total. The Morgan fingerprint density at radius 1 is 1.24 bits per heavy atom. The zero-order valence-corrected chi connectivity index (χ0v) is 19.0. The average Bonchev–Trinajstić information content (AvgIpc) is 3.22. The molecule has 3 heterocycles. The van der Waals surface area contributed by atoms with Gasteiger partial charge in [0.2, 0.25) is 5.95 Å². The number of nitrogens with one attached hydrogen (secondary N) is 2. The summed E-state index contributed by atoms with van der Waals surface area (Å²) in [6, 6.07) is 8.45. The first kappa shape index (κ1) is 25.2. The van der Waals surface area contributed by atoms with Crippen LogP contribution in [0.15, 0.2) is 36.7 Å². The van der Waals surface area contributed by atoms with Crippen LogP contribution in [0.5, 0.6) is 0 Å². The second kappa shape index (κ2) is 11.1. The number of hydrogen-bond acceptors (Lipinski definition) is 6. The van der Waals surface area contributed by atoms with Gasteiger partial charge >= 0.3 is 12.1 Å². The number of carboxylic acid groups (broad SMARTS) is 1. The van der Waals surface area contributed by atoms with Gasteiger partial charge in [-0.3, -0.25) is 10.00 Å². The summed E-state index contributed by atoms with van der Waals surface area (Å²) in [6.07, 6.45) is 0.830. The molecule has 1 aliphatic rings.